The molecular formula is C16H19N3O. The zero-order chi connectivity index (χ0) is 13.9. The van der Waals surface area contributed by atoms with Crippen LogP contribution in [0.15, 0.2) is 36.5 Å². The fraction of sp³-hybridized carbons (Fsp3) is 0.375. The van der Waals surface area contributed by atoms with Gasteiger partial charge in [0.1, 0.15) is 0 Å². The van der Waals surface area contributed by atoms with Crippen molar-refractivity contribution in [2.75, 3.05) is 18.0 Å². The number of aromatic nitrogens is 1. The maximum absolute atomic E-state index is 12.5. The van der Waals surface area contributed by atoms with Gasteiger partial charge in [0.2, 0.25) is 5.91 Å². The van der Waals surface area contributed by atoms with Crippen molar-refractivity contribution < 1.29 is 4.79 Å². The molecule has 1 N–H and O–H groups in total. The number of amides is 1. The van der Waals surface area contributed by atoms with Gasteiger partial charge in [-0.05, 0) is 43.7 Å². The van der Waals surface area contributed by atoms with Crippen LogP contribution in [-0.4, -0.2) is 30.0 Å². The van der Waals surface area contributed by atoms with Crippen LogP contribution in [0.2, 0.25) is 0 Å². The molecule has 1 fully saturated rings. The van der Waals surface area contributed by atoms with Crippen molar-refractivity contribution in [3.63, 3.8) is 0 Å². The zero-order valence-corrected chi connectivity index (χ0v) is 11.7. The predicted octanol–water partition coefficient (Wildman–Crippen LogP) is 2.34. The van der Waals surface area contributed by atoms with Crippen LogP contribution in [0.4, 0.5) is 5.69 Å². The van der Waals surface area contributed by atoms with E-state index in [1.807, 2.05) is 35.2 Å². The van der Waals surface area contributed by atoms with Gasteiger partial charge in [-0.3, -0.25) is 9.78 Å². The van der Waals surface area contributed by atoms with Crippen molar-refractivity contribution in [2.45, 2.75) is 25.8 Å². The summed E-state index contributed by atoms with van der Waals surface area (Å²) in [6.45, 7) is 3.77. The number of hydrogen-bond acceptors (Lipinski definition) is 3. The molecule has 1 aromatic carbocycles. The molecule has 1 atom stereocenters. The van der Waals surface area contributed by atoms with Crippen LogP contribution in [0, 0.1) is 0 Å². The Balaban J connectivity index is 1.91. The van der Waals surface area contributed by atoms with Crippen LogP contribution in [-0.2, 0) is 4.79 Å². The maximum atomic E-state index is 12.5. The van der Waals surface area contributed by atoms with E-state index in [0.717, 1.165) is 42.5 Å². The molecule has 2 aromatic rings. The molecule has 0 bridgehead atoms. The van der Waals surface area contributed by atoms with Gasteiger partial charge in [-0.25, -0.2) is 0 Å². The molecule has 1 aliphatic rings. The Bertz CT molecular complexity index is 621. The summed E-state index contributed by atoms with van der Waals surface area (Å²) in [7, 11) is 0. The average molecular weight is 269 g/mol. The van der Waals surface area contributed by atoms with Crippen LogP contribution >= 0.6 is 0 Å². The summed E-state index contributed by atoms with van der Waals surface area (Å²) >= 11 is 0. The number of carbonyl (C=O) groups excluding carboxylic acids is 1. The zero-order valence-electron chi connectivity index (χ0n) is 11.7. The number of benzene rings is 1. The standard InChI is InChI=1S/C16H19N3O/c1-2-9-17-14-8-11-19(16(14)20)15-7-3-6-13-12(15)5-4-10-18-13/h3-7,10,14,17H,2,8-9,11H2,1H3. The molecule has 1 aromatic heterocycles. The minimum Gasteiger partial charge on any atom is -0.310 e. The van der Waals surface area contributed by atoms with E-state index in [4.69, 9.17) is 0 Å². The van der Waals surface area contributed by atoms with E-state index in [0.29, 0.717) is 0 Å². The third kappa shape index (κ3) is 2.27. The third-order valence-corrected chi connectivity index (χ3v) is 3.76. The van der Waals surface area contributed by atoms with Gasteiger partial charge in [-0.15, -0.1) is 0 Å². The van der Waals surface area contributed by atoms with E-state index in [9.17, 15) is 4.79 Å². The third-order valence-electron chi connectivity index (χ3n) is 3.76. The fourth-order valence-corrected chi connectivity index (χ4v) is 2.75. The highest BCUT2D eigenvalue weighted by atomic mass is 16.2. The summed E-state index contributed by atoms with van der Waals surface area (Å²) in [6.07, 6.45) is 3.70. The maximum Gasteiger partial charge on any atom is 0.244 e. The molecule has 1 aliphatic heterocycles. The van der Waals surface area contributed by atoms with E-state index in [1.54, 1.807) is 6.20 Å². The second-order valence-corrected chi connectivity index (χ2v) is 5.13. The van der Waals surface area contributed by atoms with Crippen LogP contribution in [0.1, 0.15) is 19.8 Å². The van der Waals surface area contributed by atoms with E-state index in [1.165, 1.54) is 0 Å². The van der Waals surface area contributed by atoms with Crippen molar-refractivity contribution in [2.24, 2.45) is 0 Å². The van der Waals surface area contributed by atoms with Gasteiger partial charge >= 0.3 is 0 Å². The highest BCUT2D eigenvalue weighted by Crippen LogP contribution is 2.28. The molecule has 0 saturated carbocycles. The number of carbonyl (C=O) groups is 1. The first kappa shape index (κ1) is 13.1. The Kier molecular flexibility index (Phi) is 3.65. The lowest BCUT2D eigenvalue weighted by Gasteiger charge is -2.19. The Morgan fingerprint density at radius 2 is 2.25 bits per heavy atom. The number of nitrogens with one attached hydrogen (secondary N) is 1. The van der Waals surface area contributed by atoms with E-state index >= 15 is 0 Å². The average Bonchev–Trinajstić information content (AvgIpc) is 2.85. The Morgan fingerprint density at radius 1 is 1.35 bits per heavy atom. The highest BCUT2D eigenvalue weighted by molar-refractivity contribution is 6.06. The van der Waals surface area contributed by atoms with Gasteiger partial charge in [-0.1, -0.05) is 13.0 Å². The number of hydrogen-bond donors (Lipinski definition) is 1. The Labute approximate surface area is 118 Å². The van der Waals surface area contributed by atoms with Gasteiger partial charge in [-0.2, -0.15) is 0 Å². The van der Waals surface area contributed by atoms with Gasteiger partial charge in [0, 0.05) is 18.1 Å². The van der Waals surface area contributed by atoms with Crippen molar-refractivity contribution in [1.82, 2.24) is 10.3 Å². The predicted molar refractivity (Wildman–Crippen MR) is 80.8 cm³/mol. The minimum absolute atomic E-state index is 0.0399. The molecule has 104 valence electrons. The second kappa shape index (κ2) is 5.59. The van der Waals surface area contributed by atoms with Crippen LogP contribution in [0.25, 0.3) is 10.9 Å². The smallest absolute Gasteiger partial charge is 0.244 e. The van der Waals surface area contributed by atoms with E-state index in [2.05, 4.69) is 17.2 Å². The molecule has 0 radical (unpaired) electrons. The number of pyridine rings is 1. The summed E-state index contributed by atoms with van der Waals surface area (Å²) < 4.78 is 0. The number of rotatable bonds is 4. The topological polar surface area (TPSA) is 45.2 Å². The SMILES string of the molecule is CCCNC1CCN(c2cccc3ncccc23)C1=O. The first-order valence-corrected chi connectivity index (χ1v) is 7.19. The lowest BCUT2D eigenvalue weighted by molar-refractivity contribution is -0.118. The Hall–Kier alpha value is -1.94. The first-order valence-electron chi connectivity index (χ1n) is 7.19. The number of anilines is 1. The monoisotopic (exact) mass is 269 g/mol. The van der Waals surface area contributed by atoms with E-state index < -0.39 is 0 Å². The normalized spacial score (nSPS) is 18.9. The number of nitrogens with zero attached hydrogens (tertiary/aromatic N) is 2. The van der Waals surface area contributed by atoms with Gasteiger partial charge < -0.3 is 10.2 Å². The van der Waals surface area contributed by atoms with Crippen LogP contribution in [0.5, 0.6) is 0 Å². The molecule has 0 spiro atoms. The molecule has 4 heteroatoms. The van der Waals surface area contributed by atoms with Crippen LogP contribution < -0.4 is 10.2 Å². The van der Waals surface area contributed by atoms with Crippen molar-refractivity contribution in [3.05, 3.63) is 36.5 Å². The lowest BCUT2D eigenvalue weighted by Crippen LogP contribution is -2.38. The molecule has 3 rings (SSSR count). The van der Waals surface area contributed by atoms with Crippen molar-refractivity contribution >= 4 is 22.5 Å². The Morgan fingerprint density at radius 3 is 3.10 bits per heavy atom. The summed E-state index contributed by atoms with van der Waals surface area (Å²) in [5.41, 5.74) is 1.91. The van der Waals surface area contributed by atoms with Gasteiger partial charge in [0.25, 0.3) is 0 Å². The van der Waals surface area contributed by atoms with Crippen molar-refractivity contribution in [1.29, 1.82) is 0 Å². The fourth-order valence-electron chi connectivity index (χ4n) is 2.75. The van der Waals surface area contributed by atoms with E-state index in [-0.39, 0.29) is 11.9 Å². The summed E-state index contributed by atoms with van der Waals surface area (Å²) in [5, 5.41) is 4.36. The number of fused-ring (bicyclic) bond motifs is 1. The van der Waals surface area contributed by atoms with Crippen LogP contribution in [0.3, 0.4) is 0 Å². The molecular weight excluding hydrogens is 250 g/mol. The van der Waals surface area contributed by atoms with Crippen molar-refractivity contribution in [3.8, 4) is 0 Å². The molecule has 2 heterocycles. The van der Waals surface area contributed by atoms with Gasteiger partial charge in [0.05, 0.1) is 17.2 Å². The summed E-state index contributed by atoms with van der Waals surface area (Å²) in [6, 6.07) is 9.85. The lowest BCUT2D eigenvalue weighted by atomic mass is 10.1. The summed E-state index contributed by atoms with van der Waals surface area (Å²) in [4.78, 5) is 18.7. The minimum atomic E-state index is -0.0399. The molecule has 1 amide bonds. The van der Waals surface area contributed by atoms with Gasteiger partial charge in [0.15, 0.2) is 0 Å². The highest BCUT2D eigenvalue weighted by Gasteiger charge is 2.32. The molecule has 4 nitrogen and oxygen atoms in total. The quantitative estimate of drug-likeness (QED) is 0.926. The summed E-state index contributed by atoms with van der Waals surface area (Å²) in [5.74, 6) is 0.176. The molecule has 1 unspecified atom stereocenters. The molecule has 0 aliphatic carbocycles. The molecule has 20 heavy (non-hydrogen) atoms. The first-order chi connectivity index (χ1) is 9.81. The largest absolute Gasteiger partial charge is 0.310 e. The molecule has 1 saturated heterocycles. The second-order valence-electron chi connectivity index (χ2n) is 5.13.